The third-order valence-corrected chi connectivity index (χ3v) is 3.25. The molecule has 2 aromatic rings. The minimum atomic E-state index is -0.0633. The number of benzene rings is 2. The molecule has 0 bridgehead atoms. The number of ether oxygens (including phenoxy) is 1. The number of rotatable bonds is 4. The summed E-state index contributed by atoms with van der Waals surface area (Å²) in [5.41, 5.74) is 7.76. The maximum absolute atomic E-state index is 11.4. The van der Waals surface area contributed by atoms with Crippen LogP contribution in [0, 0.1) is 0 Å². The quantitative estimate of drug-likeness (QED) is 0.688. The highest BCUT2D eigenvalue weighted by Crippen LogP contribution is 2.21. The number of carbonyl (C=O) groups is 1. The number of hydrogen-bond acceptors (Lipinski definition) is 3. The summed E-state index contributed by atoms with van der Waals surface area (Å²) in [6, 6.07) is 13.0. The van der Waals surface area contributed by atoms with Gasteiger partial charge < -0.3 is 10.5 Å². The molecule has 2 rings (SSSR count). The van der Waals surface area contributed by atoms with Gasteiger partial charge in [-0.2, -0.15) is 0 Å². The molecule has 0 aliphatic carbocycles. The Hall–Kier alpha value is -1.81. The zero-order valence-corrected chi connectivity index (χ0v) is 12.1. The number of carbonyl (C=O) groups excluding carboxylic acids is 1. The molecule has 98 valence electrons. The van der Waals surface area contributed by atoms with Crippen molar-refractivity contribution in [2.45, 2.75) is 13.5 Å². The van der Waals surface area contributed by atoms with Crippen molar-refractivity contribution in [2.75, 3.05) is 5.73 Å². The summed E-state index contributed by atoms with van der Waals surface area (Å²) < 4.78 is 6.68. The Morgan fingerprint density at radius 1 is 1.21 bits per heavy atom. The highest BCUT2D eigenvalue weighted by molar-refractivity contribution is 9.10. The maximum Gasteiger partial charge on any atom is 0.162 e. The molecule has 0 saturated carbocycles. The van der Waals surface area contributed by atoms with Gasteiger partial charge in [-0.1, -0.05) is 28.1 Å². The van der Waals surface area contributed by atoms with Crippen LogP contribution in [0.25, 0.3) is 0 Å². The van der Waals surface area contributed by atoms with Gasteiger partial charge >= 0.3 is 0 Å². The van der Waals surface area contributed by atoms with Gasteiger partial charge in [0.15, 0.2) is 5.78 Å². The Morgan fingerprint density at radius 2 is 1.89 bits per heavy atom. The molecule has 0 aliphatic rings. The smallest absolute Gasteiger partial charge is 0.162 e. The van der Waals surface area contributed by atoms with E-state index in [1.165, 1.54) is 6.92 Å². The number of Topliss-reactive ketones (excluding diaryl/α,β-unsaturated/α-hetero) is 1. The molecular weight excluding hydrogens is 306 g/mol. The number of ketones is 1. The minimum Gasteiger partial charge on any atom is -0.489 e. The van der Waals surface area contributed by atoms with Gasteiger partial charge in [-0.15, -0.1) is 0 Å². The van der Waals surface area contributed by atoms with Crippen molar-refractivity contribution in [1.29, 1.82) is 0 Å². The molecule has 0 unspecified atom stereocenters. The fourth-order valence-corrected chi connectivity index (χ4v) is 1.94. The van der Waals surface area contributed by atoms with Crippen molar-refractivity contribution in [3.63, 3.8) is 0 Å². The number of nitrogen functional groups attached to an aromatic ring is 1. The van der Waals surface area contributed by atoms with Gasteiger partial charge in [-0.05, 0) is 42.8 Å². The largest absolute Gasteiger partial charge is 0.489 e. The first kappa shape index (κ1) is 13.6. The van der Waals surface area contributed by atoms with Crippen LogP contribution in [-0.2, 0) is 6.61 Å². The SMILES string of the molecule is CC(=O)c1cc(OCc2ccc(Br)cc2)ccc1N. The van der Waals surface area contributed by atoms with Gasteiger partial charge in [-0.3, -0.25) is 4.79 Å². The van der Waals surface area contributed by atoms with Crippen molar-refractivity contribution >= 4 is 27.4 Å². The van der Waals surface area contributed by atoms with E-state index in [0.29, 0.717) is 23.6 Å². The first-order valence-electron chi connectivity index (χ1n) is 5.84. The third-order valence-electron chi connectivity index (χ3n) is 2.72. The second-order valence-corrected chi connectivity index (χ2v) is 5.14. The highest BCUT2D eigenvalue weighted by Gasteiger charge is 2.06. The van der Waals surface area contributed by atoms with Crippen LogP contribution in [-0.4, -0.2) is 5.78 Å². The zero-order chi connectivity index (χ0) is 13.8. The molecule has 2 aromatic carbocycles. The second-order valence-electron chi connectivity index (χ2n) is 4.22. The number of nitrogens with two attached hydrogens (primary N) is 1. The maximum atomic E-state index is 11.4. The molecular formula is C15H14BrNO2. The van der Waals surface area contributed by atoms with E-state index in [0.717, 1.165) is 10.0 Å². The van der Waals surface area contributed by atoms with Crippen LogP contribution in [0.5, 0.6) is 5.75 Å². The number of halogens is 1. The van der Waals surface area contributed by atoms with Crippen molar-refractivity contribution in [3.8, 4) is 5.75 Å². The van der Waals surface area contributed by atoms with E-state index in [1.807, 2.05) is 24.3 Å². The van der Waals surface area contributed by atoms with Crippen LogP contribution < -0.4 is 10.5 Å². The summed E-state index contributed by atoms with van der Waals surface area (Å²) in [5.74, 6) is 0.578. The molecule has 0 saturated heterocycles. The van der Waals surface area contributed by atoms with Crippen molar-refractivity contribution in [1.82, 2.24) is 0 Å². The molecule has 0 aromatic heterocycles. The Morgan fingerprint density at radius 3 is 2.53 bits per heavy atom. The zero-order valence-electron chi connectivity index (χ0n) is 10.5. The topological polar surface area (TPSA) is 52.3 Å². The Kier molecular flexibility index (Phi) is 4.22. The molecule has 0 heterocycles. The summed E-state index contributed by atoms with van der Waals surface area (Å²) in [4.78, 5) is 11.4. The molecule has 2 N–H and O–H groups in total. The highest BCUT2D eigenvalue weighted by atomic mass is 79.9. The summed E-state index contributed by atoms with van der Waals surface area (Å²) in [7, 11) is 0. The minimum absolute atomic E-state index is 0.0633. The van der Waals surface area contributed by atoms with Gasteiger partial charge in [-0.25, -0.2) is 0 Å². The summed E-state index contributed by atoms with van der Waals surface area (Å²) in [6.07, 6.45) is 0. The van der Waals surface area contributed by atoms with Crippen LogP contribution in [0.4, 0.5) is 5.69 Å². The molecule has 0 fully saturated rings. The van der Waals surface area contributed by atoms with Gasteiger partial charge in [0.25, 0.3) is 0 Å². The molecule has 0 aliphatic heterocycles. The van der Waals surface area contributed by atoms with Crippen molar-refractivity contribution in [2.24, 2.45) is 0 Å². The summed E-state index contributed by atoms with van der Waals surface area (Å²) in [5, 5.41) is 0. The van der Waals surface area contributed by atoms with Crippen LogP contribution >= 0.6 is 15.9 Å². The van der Waals surface area contributed by atoms with E-state index in [-0.39, 0.29) is 5.78 Å². The molecule has 0 radical (unpaired) electrons. The fraction of sp³-hybridized carbons (Fsp3) is 0.133. The van der Waals surface area contributed by atoms with E-state index in [9.17, 15) is 4.79 Å². The first-order valence-corrected chi connectivity index (χ1v) is 6.63. The standard InChI is InChI=1S/C15H14BrNO2/c1-10(18)14-8-13(6-7-15(14)17)19-9-11-2-4-12(16)5-3-11/h2-8H,9,17H2,1H3. The van der Waals surface area contributed by atoms with E-state index in [1.54, 1.807) is 18.2 Å². The molecule has 19 heavy (non-hydrogen) atoms. The van der Waals surface area contributed by atoms with E-state index >= 15 is 0 Å². The monoisotopic (exact) mass is 319 g/mol. The Labute approximate surface area is 120 Å². The number of hydrogen-bond donors (Lipinski definition) is 1. The molecule has 0 atom stereocenters. The number of anilines is 1. The van der Waals surface area contributed by atoms with Crippen LogP contribution in [0.1, 0.15) is 22.8 Å². The lowest BCUT2D eigenvalue weighted by Crippen LogP contribution is -2.01. The van der Waals surface area contributed by atoms with Crippen LogP contribution in [0.15, 0.2) is 46.9 Å². The van der Waals surface area contributed by atoms with Crippen LogP contribution in [0.2, 0.25) is 0 Å². The molecule has 4 heteroatoms. The second kappa shape index (κ2) is 5.89. The Balaban J connectivity index is 2.09. The summed E-state index contributed by atoms with van der Waals surface area (Å²) >= 11 is 3.38. The first-order chi connectivity index (χ1) is 9.06. The van der Waals surface area contributed by atoms with Gasteiger partial charge in [0, 0.05) is 15.7 Å². The normalized spacial score (nSPS) is 10.2. The van der Waals surface area contributed by atoms with Gasteiger partial charge in [0.2, 0.25) is 0 Å². The van der Waals surface area contributed by atoms with Gasteiger partial charge in [0.1, 0.15) is 12.4 Å². The lowest BCUT2D eigenvalue weighted by molar-refractivity contribution is 0.101. The van der Waals surface area contributed by atoms with E-state index < -0.39 is 0 Å². The Bertz CT molecular complexity index is 594. The predicted molar refractivity (Wildman–Crippen MR) is 79.3 cm³/mol. The average Bonchev–Trinajstić information content (AvgIpc) is 2.39. The van der Waals surface area contributed by atoms with E-state index in [4.69, 9.17) is 10.5 Å². The lowest BCUT2D eigenvalue weighted by atomic mass is 10.1. The van der Waals surface area contributed by atoms with E-state index in [2.05, 4.69) is 15.9 Å². The molecule has 3 nitrogen and oxygen atoms in total. The predicted octanol–water partition coefficient (Wildman–Crippen LogP) is 3.81. The lowest BCUT2D eigenvalue weighted by Gasteiger charge is -2.09. The summed E-state index contributed by atoms with van der Waals surface area (Å²) in [6.45, 7) is 1.94. The fourth-order valence-electron chi connectivity index (χ4n) is 1.68. The molecule has 0 amide bonds. The van der Waals surface area contributed by atoms with Crippen molar-refractivity contribution < 1.29 is 9.53 Å². The molecule has 0 spiro atoms. The van der Waals surface area contributed by atoms with Crippen molar-refractivity contribution in [3.05, 3.63) is 58.1 Å². The van der Waals surface area contributed by atoms with Crippen LogP contribution in [0.3, 0.4) is 0 Å². The third kappa shape index (κ3) is 3.58. The van der Waals surface area contributed by atoms with Gasteiger partial charge in [0.05, 0.1) is 0 Å². The average molecular weight is 320 g/mol.